The zero-order valence-corrected chi connectivity index (χ0v) is 21.4. The van der Waals surface area contributed by atoms with Crippen LogP contribution in [0.2, 0.25) is 0 Å². The molecule has 0 amide bonds. The highest BCUT2D eigenvalue weighted by molar-refractivity contribution is 8.00. The van der Waals surface area contributed by atoms with Crippen LogP contribution in [0, 0.1) is 26.1 Å². The lowest BCUT2D eigenvalue weighted by atomic mass is 9.77. The van der Waals surface area contributed by atoms with Crippen molar-refractivity contribution in [2.45, 2.75) is 38.8 Å². The monoisotopic (exact) mass is 560 g/mol. The van der Waals surface area contributed by atoms with E-state index >= 15 is 0 Å². The average Bonchev–Trinajstić information content (AvgIpc) is 3.19. The predicted molar refractivity (Wildman–Crippen MR) is 141 cm³/mol. The molecule has 1 heterocycles. The maximum atomic E-state index is 12.1. The van der Waals surface area contributed by atoms with Gasteiger partial charge >= 0.3 is 0 Å². The third-order valence-corrected chi connectivity index (χ3v) is 9.95. The van der Waals surface area contributed by atoms with E-state index < -0.39 is 31.3 Å². The van der Waals surface area contributed by atoms with Crippen molar-refractivity contribution in [2.75, 3.05) is 5.32 Å². The number of fused-ring (bicyclic) bond motifs is 3. The molecule has 2 aliphatic rings. The molecular weight excluding hydrogens is 540 g/mol. The van der Waals surface area contributed by atoms with Crippen molar-refractivity contribution < 1.29 is 18.3 Å². The fraction of sp³-hybridized carbons (Fsp3) is 0.250. The van der Waals surface area contributed by atoms with Gasteiger partial charge in [-0.2, -0.15) is 0 Å². The summed E-state index contributed by atoms with van der Waals surface area (Å²) in [5.74, 6) is -0.642. The summed E-state index contributed by atoms with van der Waals surface area (Å²) >= 11 is 8.34. The van der Waals surface area contributed by atoms with Crippen molar-refractivity contribution in [1.82, 2.24) is 0 Å². The summed E-state index contributed by atoms with van der Waals surface area (Å²) in [6, 6.07) is 16.9. The van der Waals surface area contributed by atoms with Crippen LogP contribution in [0.5, 0.6) is 0 Å². The lowest BCUT2D eigenvalue weighted by molar-refractivity contribution is -0.387. The van der Waals surface area contributed by atoms with Crippen LogP contribution in [0.3, 0.4) is 0 Å². The number of alkyl halides is 1. The number of primary sulfonamides is 1. The van der Waals surface area contributed by atoms with Crippen molar-refractivity contribution in [2.24, 2.45) is 11.1 Å². The van der Waals surface area contributed by atoms with Crippen LogP contribution in [0.25, 0.3) is 0 Å². The summed E-state index contributed by atoms with van der Waals surface area (Å²) in [7, 11) is -3.98. The Kier molecular flexibility index (Phi) is 6.61. The summed E-state index contributed by atoms with van der Waals surface area (Å²) in [6.07, 6.45) is 0.484. The van der Waals surface area contributed by atoms with E-state index in [0.29, 0.717) is 28.1 Å². The normalized spacial score (nSPS) is 24.5. The van der Waals surface area contributed by atoms with Gasteiger partial charge in [0.2, 0.25) is 10.0 Å². The molecule has 37 heavy (non-hydrogen) atoms. The van der Waals surface area contributed by atoms with Crippen LogP contribution in [-0.2, 0) is 10.0 Å². The Morgan fingerprint density at radius 2 is 1.59 bits per heavy atom. The molecule has 0 spiro atoms. The van der Waals surface area contributed by atoms with E-state index in [1.807, 2.05) is 0 Å². The Balaban J connectivity index is 1.61. The maximum Gasteiger partial charge on any atom is 0.282 e. The molecule has 0 unspecified atom stereocenters. The molecule has 1 aliphatic heterocycles. The standard InChI is InChI=1S/C24H21ClN4O6S2/c25-23-21(36-20-8-4-3-7-19(20)29(32)33)12-16-22(23)15-11-13(37(26,34)35)9-10-17(15)27-24(16)14-5-1-2-6-18(14)28(30)31/h1-11,16,21-24,27H,12H2,(H2,26,34,35)/t16-,21+,22-,23+,24-/m0/s1. The van der Waals surface area contributed by atoms with Crippen LogP contribution < -0.4 is 10.5 Å². The van der Waals surface area contributed by atoms with Gasteiger partial charge in [-0.25, -0.2) is 13.6 Å². The molecule has 3 N–H and O–H groups in total. The Labute approximate surface area is 221 Å². The van der Waals surface area contributed by atoms with Crippen LogP contribution in [0.1, 0.15) is 29.5 Å². The molecule has 1 fully saturated rings. The van der Waals surface area contributed by atoms with E-state index in [0.717, 1.165) is 0 Å². The molecule has 13 heteroatoms. The molecule has 5 atom stereocenters. The van der Waals surface area contributed by atoms with Gasteiger partial charge in [0.15, 0.2) is 0 Å². The van der Waals surface area contributed by atoms with E-state index in [-0.39, 0.29) is 33.4 Å². The third-order valence-electron chi connectivity index (χ3n) is 6.92. The minimum Gasteiger partial charge on any atom is -0.377 e. The third kappa shape index (κ3) is 4.65. The first-order valence-corrected chi connectivity index (χ1v) is 14.1. The van der Waals surface area contributed by atoms with Gasteiger partial charge in [0.1, 0.15) is 0 Å². The van der Waals surface area contributed by atoms with Gasteiger partial charge in [-0.3, -0.25) is 20.2 Å². The molecule has 192 valence electrons. The number of nitro benzene ring substituents is 2. The average molecular weight is 561 g/mol. The first-order chi connectivity index (χ1) is 17.6. The molecule has 0 aromatic heterocycles. The largest absolute Gasteiger partial charge is 0.377 e. The molecule has 0 bridgehead atoms. The molecule has 3 aromatic rings. The van der Waals surface area contributed by atoms with E-state index in [1.54, 1.807) is 42.5 Å². The van der Waals surface area contributed by atoms with E-state index in [4.69, 9.17) is 16.7 Å². The fourth-order valence-corrected chi connectivity index (χ4v) is 7.86. The van der Waals surface area contributed by atoms with Crippen LogP contribution in [-0.4, -0.2) is 28.9 Å². The first kappa shape index (κ1) is 25.5. The zero-order chi connectivity index (χ0) is 26.5. The summed E-state index contributed by atoms with van der Waals surface area (Å²) in [6.45, 7) is 0. The van der Waals surface area contributed by atoms with Crippen LogP contribution in [0.4, 0.5) is 17.1 Å². The Morgan fingerprint density at radius 3 is 2.27 bits per heavy atom. The van der Waals surface area contributed by atoms with Crippen LogP contribution >= 0.6 is 23.4 Å². The number of nitrogens with zero attached hydrogens (tertiary/aromatic N) is 2. The van der Waals surface area contributed by atoms with Gasteiger partial charge in [0.05, 0.1) is 36.6 Å². The summed E-state index contributed by atoms with van der Waals surface area (Å²) in [5, 5.41) is 31.3. The van der Waals surface area contributed by atoms with Gasteiger partial charge < -0.3 is 5.32 Å². The molecule has 10 nitrogen and oxygen atoms in total. The second-order valence-corrected chi connectivity index (χ2v) is 12.3. The smallest absolute Gasteiger partial charge is 0.282 e. The minimum atomic E-state index is -3.98. The number of sulfonamides is 1. The second-order valence-electron chi connectivity index (χ2n) is 8.98. The number of thioether (sulfide) groups is 1. The number of nitrogens with one attached hydrogen (secondary N) is 1. The lowest BCUT2D eigenvalue weighted by Gasteiger charge is -2.38. The lowest BCUT2D eigenvalue weighted by Crippen LogP contribution is -2.32. The highest BCUT2D eigenvalue weighted by Gasteiger charge is 2.51. The number of hydrogen-bond acceptors (Lipinski definition) is 8. The number of para-hydroxylation sites is 2. The van der Waals surface area contributed by atoms with Crippen molar-refractivity contribution in [3.05, 3.63) is 98.1 Å². The Hall–Kier alpha value is -3.19. The van der Waals surface area contributed by atoms with Gasteiger partial charge in [-0.1, -0.05) is 30.3 Å². The maximum absolute atomic E-state index is 12.1. The number of nitrogens with two attached hydrogens (primary N) is 1. The number of nitro groups is 2. The molecule has 1 saturated carbocycles. The second kappa shape index (κ2) is 9.60. The predicted octanol–water partition coefficient (Wildman–Crippen LogP) is 5.19. The SMILES string of the molecule is NS(=O)(=O)c1ccc2c(c1)[C@@H]1[C@H](Cl)[C@H](Sc3ccccc3[N+](=O)[O-])C[C@@H]1[C@H](c1ccccc1[N+](=O)[O-])N2. The highest BCUT2D eigenvalue weighted by atomic mass is 35.5. The number of anilines is 1. The summed E-state index contributed by atoms with van der Waals surface area (Å²) in [5.41, 5.74) is 1.68. The molecular formula is C24H21ClN4O6S2. The summed E-state index contributed by atoms with van der Waals surface area (Å²) in [4.78, 5) is 22.9. The van der Waals surface area contributed by atoms with Crippen molar-refractivity contribution in [3.63, 3.8) is 0 Å². The highest BCUT2D eigenvalue weighted by Crippen LogP contribution is 2.58. The number of rotatable bonds is 6. The number of halogens is 1. The number of benzene rings is 3. The Bertz CT molecular complexity index is 1520. The van der Waals surface area contributed by atoms with E-state index in [2.05, 4.69) is 5.32 Å². The topological polar surface area (TPSA) is 158 Å². The molecule has 0 saturated heterocycles. The number of hydrogen-bond donors (Lipinski definition) is 2. The molecule has 3 aromatic carbocycles. The van der Waals surface area contributed by atoms with E-state index in [9.17, 15) is 28.6 Å². The van der Waals surface area contributed by atoms with Gasteiger partial charge in [0, 0.05) is 29.0 Å². The minimum absolute atomic E-state index is 0.0310. The molecule has 1 aliphatic carbocycles. The van der Waals surface area contributed by atoms with Crippen molar-refractivity contribution in [1.29, 1.82) is 0 Å². The van der Waals surface area contributed by atoms with Gasteiger partial charge in [-0.15, -0.1) is 23.4 Å². The van der Waals surface area contributed by atoms with Gasteiger partial charge in [-0.05, 0) is 42.2 Å². The van der Waals surface area contributed by atoms with Gasteiger partial charge in [0.25, 0.3) is 11.4 Å². The fourth-order valence-electron chi connectivity index (χ4n) is 5.37. The van der Waals surface area contributed by atoms with Crippen molar-refractivity contribution >= 4 is 50.4 Å². The molecule has 0 radical (unpaired) electrons. The first-order valence-electron chi connectivity index (χ1n) is 11.3. The molecule has 5 rings (SSSR count). The summed E-state index contributed by atoms with van der Waals surface area (Å²) < 4.78 is 24.2. The Morgan fingerprint density at radius 1 is 0.946 bits per heavy atom. The van der Waals surface area contributed by atoms with E-state index in [1.165, 1.54) is 36.0 Å². The van der Waals surface area contributed by atoms with Crippen molar-refractivity contribution in [3.8, 4) is 0 Å². The quantitative estimate of drug-likeness (QED) is 0.237. The van der Waals surface area contributed by atoms with Crippen LogP contribution in [0.15, 0.2) is 76.5 Å². The zero-order valence-electron chi connectivity index (χ0n) is 19.1.